The number of nitrogens with one attached hydrogen (secondary N) is 1. The minimum atomic E-state index is 0.449. The molecule has 1 N–H and O–H groups in total. The van der Waals surface area contributed by atoms with Gasteiger partial charge in [0.1, 0.15) is 0 Å². The molecule has 2 aromatic heterocycles. The summed E-state index contributed by atoms with van der Waals surface area (Å²) in [6.45, 7) is 5.00. The van der Waals surface area contributed by atoms with Gasteiger partial charge in [-0.15, -0.1) is 11.3 Å². The van der Waals surface area contributed by atoms with Crippen LogP contribution in [0.5, 0.6) is 0 Å². The molecule has 0 atom stereocenters. The lowest BCUT2D eigenvalue weighted by Crippen LogP contribution is -1.97. The van der Waals surface area contributed by atoms with Gasteiger partial charge in [-0.25, -0.2) is 0 Å². The SMILES string of the molecule is Cc1cc(CNc2nsnc2Cl)sc1C. The number of aromatic nitrogens is 2. The largest absolute Gasteiger partial charge is 0.362 e. The van der Waals surface area contributed by atoms with E-state index in [0.29, 0.717) is 11.0 Å². The third kappa shape index (κ3) is 2.48. The van der Waals surface area contributed by atoms with Gasteiger partial charge in [0.05, 0.1) is 18.3 Å². The molecule has 0 aliphatic carbocycles. The Morgan fingerprint density at radius 3 is 2.73 bits per heavy atom. The first-order valence-corrected chi connectivity index (χ1v) is 6.37. The van der Waals surface area contributed by atoms with Crippen molar-refractivity contribution in [1.82, 2.24) is 8.75 Å². The lowest BCUT2D eigenvalue weighted by molar-refractivity contribution is 1.17. The van der Waals surface area contributed by atoms with E-state index in [1.165, 1.54) is 15.3 Å². The number of rotatable bonds is 3. The molecule has 2 aromatic rings. The normalized spacial score (nSPS) is 10.6. The van der Waals surface area contributed by atoms with Gasteiger partial charge < -0.3 is 5.32 Å². The van der Waals surface area contributed by atoms with Crippen LogP contribution in [-0.4, -0.2) is 8.75 Å². The number of aryl methyl sites for hydroxylation is 2. The molecule has 6 heteroatoms. The van der Waals surface area contributed by atoms with Crippen LogP contribution in [0.4, 0.5) is 5.82 Å². The molecule has 2 heterocycles. The molecule has 2 rings (SSSR count). The van der Waals surface area contributed by atoms with E-state index >= 15 is 0 Å². The molecule has 0 fully saturated rings. The average Bonchev–Trinajstić information content (AvgIpc) is 2.72. The van der Waals surface area contributed by atoms with E-state index in [0.717, 1.165) is 18.3 Å². The minimum Gasteiger partial charge on any atom is -0.362 e. The van der Waals surface area contributed by atoms with Crippen LogP contribution in [0.2, 0.25) is 5.15 Å². The second-order valence-electron chi connectivity index (χ2n) is 3.21. The third-order valence-electron chi connectivity index (χ3n) is 2.10. The van der Waals surface area contributed by atoms with Crippen LogP contribution >= 0.6 is 34.7 Å². The summed E-state index contributed by atoms with van der Waals surface area (Å²) in [7, 11) is 0. The summed E-state index contributed by atoms with van der Waals surface area (Å²) in [5.74, 6) is 0.672. The van der Waals surface area contributed by atoms with Crippen molar-refractivity contribution in [3.63, 3.8) is 0 Å². The van der Waals surface area contributed by atoms with Crippen LogP contribution in [0, 0.1) is 13.8 Å². The molecule has 15 heavy (non-hydrogen) atoms. The topological polar surface area (TPSA) is 37.8 Å². The van der Waals surface area contributed by atoms with Crippen molar-refractivity contribution in [3.05, 3.63) is 26.5 Å². The third-order valence-corrected chi connectivity index (χ3v) is 4.14. The highest BCUT2D eigenvalue weighted by Gasteiger charge is 2.06. The first-order chi connectivity index (χ1) is 7.16. The van der Waals surface area contributed by atoms with Crippen LogP contribution < -0.4 is 5.32 Å². The van der Waals surface area contributed by atoms with E-state index in [4.69, 9.17) is 11.6 Å². The molecule has 0 aromatic carbocycles. The molecule has 0 saturated carbocycles. The van der Waals surface area contributed by atoms with Crippen molar-refractivity contribution in [2.75, 3.05) is 5.32 Å². The standard InChI is InChI=1S/C9H10ClN3S2/c1-5-3-7(14-6(5)2)4-11-9-8(10)12-15-13-9/h3H,4H2,1-2H3,(H,11,13). The molecule has 80 valence electrons. The maximum absolute atomic E-state index is 5.82. The molecule has 0 unspecified atom stereocenters. The quantitative estimate of drug-likeness (QED) is 0.917. The van der Waals surface area contributed by atoms with Crippen molar-refractivity contribution in [3.8, 4) is 0 Å². The fourth-order valence-corrected chi connectivity index (χ4v) is 2.87. The zero-order valence-electron chi connectivity index (χ0n) is 8.37. The highest BCUT2D eigenvalue weighted by Crippen LogP contribution is 2.23. The van der Waals surface area contributed by atoms with Crippen molar-refractivity contribution >= 4 is 40.5 Å². The van der Waals surface area contributed by atoms with Crippen molar-refractivity contribution in [2.45, 2.75) is 20.4 Å². The summed E-state index contributed by atoms with van der Waals surface area (Å²) in [6.07, 6.45) is 0. The van der Waals surface area contributed by atoms with E-state index in [2.05, 4.69) is 34.0 Å². The lowest BCUT2D eigenvalue weighted by atomic mass is 10.3. The number of halogens is 1. The summed E-state index contributed by atoms with van der Waals surface area (Å²) in [4.78, 5) is 2.64. The summed E-state index contributed by atoms with van der Waals surface area (Å²) >= 11 is 8.73. The Balaban J connectivity index is 2.02. The van der Waals surface area contributed by atoms with Crippen molar-refractivity contribution in [1.29, 1.82) is 0 Å². The van der Waals surface area contributed by atoms with E-state index < -0.39 is 0 Å². The predicted molar refractivity (Wildman–Crippen MR) is 66.0 cm³/mol. The minimum absolute atomic E-state index is 0.449. The summed E-state index contributed by atoms with van der Waals surface area (Å²) in [5, 5.41) is 3.61. The summed E-state index contributed by atoms with van der Waals surface area (Å²) < 4.78 is 7.94. The van der Waals surface area contributed by atoms with E-state index in [1.54, 1.807) is 11.3 Å². The second-order valence-corrected chi connectivity index (χ2v) is 5.44. The highest BCUT2D eigenvalue weighted by atomic mass is 35.5. The lowest BCUT2D eigenvalue weighted by Gasteiger charge is -1.99. The van der Waals surface area contributed by atoms with Gasteiger partial charge in [-0.05, 0) is 25.5 Å². The maximum Gasteiger partial charge on any atom is 0.186 e. The van der Waals surface area contributed by atoms with E-state index in [1.807, 2.05) is 0 Å². The Morgan fingerprint density at radius 2 is 2.20 bits per heavy atom. The Bertz CT molecular complexity index is 444. The Labute approximate surface area is 101 Å². The van der Waals surface area contributed by atoms with Gasteiger partial charge in [-0.1, -0.05) is 11.6 Å². The highest BCUT2D eigenvalue weighted by molar-refractivity contribution is 7.12. The number of thiophene rings is 1. The van der Waals surface area contributed by atoms with E-state index in [-0.39, 0.29) is 0 Å². The number of hydrogen-bond acceptors (Lipinski definition) is 5. The molecule has 0 spiro atoms. The van der Waals surface area contributed by atoms with Gasteiger partial charge in [-0.2, -0.15) is 8.75 Å². The van der Waals surface area contributed by atoms with Crippen LogP contribution in [0.25, 0.3) is 0 Å². The average molecular weight is 260 g/mol. The molecule has 0 radical (unpaired) electrons. The van der Waals surface area contributed by atoms with Gasteiger partial charge in [-0.3, -0.25) is 0 Å². The van der Waals surface area contributed by atoms with Crippen molar-refractivity contribution in [2.24, 2.45) is 0 Å². The van der Waals surface area contributed by atoms with Gasteiger partial charge >= 0.3 is 0 Å². The van der Waals surface area contributed by atoms with Crippen molar-refractivity contribution < 1.29 is 0 Å². The fraction of sp³-hybridized carbons (Fsp3) is 0.333. The van der Waals surface area contributed by atoms with Crippen LogP contribution in [0.3, 0.4) is 0 Å². The molecule has 0 bridgehead atoms. The number of hydrogen-bond donors (Lipinski definition) is 1. The Morgan fingerprint density at radius 1 is 1.40 bits per heavy atom. The van der Waals surface area contributed by atoms with Gasteiger partial charge in [0.25, 0.3) is 0 Å². The molecule has 0 aliphatic heterocycles. The van der Waals surface area contributed by atoms with E-state index in [9.17, 15) is 0 Å². The van der Waals surface area contributed by atoms with Gasteiger partial charge in [0.15, 0.2) is 11.0 Å². The maximum atomic E-state index is 5.82. The molecular formula is C9H10ClN3S2. The van der Waals surface area contributed by atoms with Crippen LogP contribution in [-0.2, 0) is 6.54 Å². The second kappa shape index (κ2) is 4.47. The molecule has 0 aliphatic rings. The zero-order chi connectivity index (χ0) is 10.8. The molecular weight excluding hydrogens is 250 g/mol. The molecule has 0 amide bonds. The molecule has 0 saturated heterocycles. The smallest absolute Gasteiger partial charge is 0.186 e. The predicted octanol–water partition coefficient (Wildman–Crippen LogP) is 3.48. The summed E-state index contributed by atoms with van der Waals surface area (Å²) in [5.41, 5.74) is 1.33. The zero-order valence-corrected chi connectivity index (χ0v) is 10.8. The number of anilines is 1. The van der Waals surface area contributed by atoms with Crippen LogP contribution in [0.1, 0.15) is 15.3 Å². The molecule has 3 nitrogen and oxygen atoms in total. The Hall–Kier alpha value is -0.650. The first kappa shape index (κ1) is 10.9. The Kier molecular flexibility index (Phi) is 3.23. The van der Waals surface area contributed by atoms with Gasteiger partial charge in [0.2, 0.25) is 0 Å². The van der Waals surface area contributed by atoms with Crippen LogP contribution in [0.15, 0.2) is 6.07 Å². The number of nitrogens with zero attached hydrogens (tertiary/aromatic N) is 2. The summed E-state index contributed by atoms with van der Waals surface area (Å²) in [6, 6.07) is 2.18. The fourth-order valence-electron chi connectivity index (χ4n) is 1.19. The van der Waals surface area contributed by atoms with Gasteiger partial charge in [0, 0.05) is 9.75 Å². The first-order valence-electron chi connectivity index (χ1n) is 4.44. The monoisotopic (exact) mass is 259 g/mol.